The number of para-hydroxylation sites is 4. The van der Waals surface area contributed by atoms with Gasteiger partial charge >= 0.3 is 0 Å². The molecular formula is C46H31N5. The smallest absolute Gasteiger partial charge is 0.138 e. The highest BCUT2D eigenvalue weighted by molar-refractivity contribution is 6.19. The van der Waals surface area contributed by atoms with Crippen LogP contribution in [0.25, 0.3) is 89.3 Å². The SMILES string of the molecule is C1=Cc2c(n(-c3cccc(-c4cccc(-n5c6ccccc6c6ccccc65)n4)n3)c3c2ccc2c4ccccc4n(-c4ccccc4)c23)CC1. The summed E-state index contributed by atoms with van der Waals surface area (Å²) in [4.78, 5) is 10.7. The minimum Gasteiger partial charge on any atom is -0.307 e. The first-order valence-electron chi connectivity index (χ1n) is 17.6. The normalized spacial score (nSPS) is 12.9. The third-order valence-electron chi connectivity index (χ3n) is 10.5. The molecule has 5 heteroatoms. The summed E-state index contributed by atoms with van der Waals surface area (Å²) >= 11 is 0. The van der Waals surface area contributed by atoms with Gasteiger partial charge in [0.1, 0.15) is 11.6 Å². The summed E-state index contributed by atoms with van der Waals surface area (Å²) in [6, 6.07) is 53.8. The first-order chi connectivity index (χ1) is 25.3. The highest BCUT2D eigenvalue weighted by Crippen LogP contribution is 2.42. The largest absolute Gasteiger partial charge is 0.307 e. The van der Waals surface area contributed by atoms with Gasteiger partial charge in [0.2, 0.25) is 0 Å². The number of nitrogens with zero attached hydrogens (tertiary/aromatic N) is 5. The van der Waals surface area contributed by atoms with E-state index in [0.717, 1.165) is 52.6 Å². The van der Waals surface area contributed by atoms with Crippen LogP contribution in [0.3, 0.4) is 0 Å². The van der Waals surface area contributed by atoms with E-state index >= 15 is 0 Å². The van der Waals surface area contributed by atoms with E-state index in [1.165, 1.54) is 54.7 Å². The molecule has 0 atom stereocenters. The van der Waals surface area contributed by atoms with E-state index in [-0.39, 0.29) is 0 Å². The second-order valence-electron chi connectivity index (χ2n) is 13.3. The highest BCUT2D eigenvalue weighted by Gasteiger charge is 2.25. The Hall–Kier alpha value is -6.72. The van der Waals surface area contributed by atoms with Crippen LogP contribution in [0.5, 0.6) is 0 Å². The summed E-state index contributed by atoms with van der Waals surface area (Å²) in [7, 11) is 0. The number of fused-ring (bicyclic) bond motifs is 10. The molecule has 0 fully saturated rings. The van der Waals surface area contributed by atoms with Gasteiger partial charge in [-0.25, -0.2) is 9.97 Å². The second kappa shape index (κ2) is 10.9. The zero-order chi connectivity index (χ0) is 33.5. The minimum atomic E-state index is 0.838. The topological polar surface area (TPSA) is 40.6 Å². The van der Waals surface area contributed by atoms with E-state index < -0.39 is 0 Å². The summed E-state index contributed by atoms with van der Waals surface area (Å²) in [5.74, 6) is 1.77. The van der Waals surface area contributed by atoms with Gasteiger partial charge < -0.3 is 4.57 Å². The van der Waals surface area contributed by atoms with Crippen molar-refractivity contribution in [3.8, 4) is 28.7 Å². The van der Waals surface area contributed by atoms with Crippen LogP contribution in [0.4, 0.5) is 0 Å². The van der Waals surface area contributed by atoms with Gasteiger partial charge in [-0.15, -0.1) is 0 Å². The molecule has 1 aliphatic carbocycles. The molecule has 5 nitrogen and oxygen atoms in total. The first kappa shape index (κ1) is 28.2. The molecule has 0 N–H and O–H groups in total. The maximum atomic E-state index is 5.41. The van der Waals surface area contributed by atoms with E-state index in [0.29, 0.717) is 0 Å². The van der Waals surface area contributed by atoms with Crippen molar-refractivity contribution in [2.45, 2.75) is 12.8 Å². The molecule has 10 aromatic rings. The van der Waals surface area contributed by atoms with Gasteiger partial charge in [0, 0.05) is 43.9 Å². The lowest BCUT2D eigenvalue weighted by Gasteiger charge is -2.15. The molecule has 0 aliphatic heterocycles. The number of hydrogen-bond acceptors (Lipinski definition) is 2. The average molecular weight is 654 g/mol. The zero-order valence-corrected chi connectivity index (χ0v) is 27.7. The van der Waals surface area contributed by atoms with Gasteiger partial charge in [0.15, 0.2) is 0 Å². The summed E-state index contributed by atoms with van der Waals surface area (Å²) in [6.45, 7) is 0. The fourth-order valence-electron chi connectivity index (χ4n) is 8.40. The molecule has 0 unspecified atom stereocenters. The molecule has 5 aromatic heterocycles. The van der Waals surface area contributed by atoms with Crippen molar-refractivity contribution >= 4 is 60.6 Å². The van der Waals surface area contributed by atoms with E-state index in [9.17, 15) is 0 Å². The Kier molecular flexibility index (Phi) is 6.01. The number of allylic oxidation sites excluding steroid dienone is 1. The highest BCUT2D eigenvalue weighted by atomic mass is 15.1. The Morgan fingerprint density at radius 1 is 0.412 bits per heavy atom. The van der Waals surface area contributed by atoms with E-state index in [2.05, 4.69) is 178 Å². The van der Waals surface area contributed by atoms with Crippen LogP contribution in [0, 0.1) is 0 Å². The van der Waals surface area contributed by atoms with Crippen LogP contribution >= 0.6 is 0 Å². The van der Waals surface area contributed by atoms with Crippen LogP contribution in [0.2, 0.25) is 0 Å². The Morgan fingerprint density at radius 3 is 1.61 bits per heavy atom. The van der Waals surface area contributed by atoms with Crippen LogP contribution in [0.1, 0.15) is 17.7 Å². The summed E-state index contributed by atoms with van der Waals surface area (Å²) in [5, 5.41) is 6.16. The van der Waals surface area contributed by atoms with Gasteiger partial charge in [-0.1, -0.05) is 109 Å². The van der Waals surface area contributed by atoms with Crippen LogP contribution in [-0.2, 0) is 6.42 Å². The van der Waals surface area contributed by atoms with Crippen molar-refractivity contribution in [2.24, 2.45) is 0 Å². The predicted molar refractivity (Wildman–Crippen MR) is 210 cm³/mol. The van der Waals surface area contributed by atoms with Gasteiger partial charge in [-0.05, 0) is 67.4 Å². The van der Waals surface area contributed by atoms with Crippen molar-refractivity contribution in [2.75, 3.05) is 0 Å². The Labute approximate surface area is 294 Å². The Balaban J connectivity index is 1.16. The van der Waals surface area contributed by atoms with Crippen LogP contribution < -0.4 is 0 Å². The summed E-state index contributed by atoms with van der Waals surface area (Å²) in [6.07, 6.45) is 6.55. The Morgan fingerprint density at radius 2 is 0.941 bits per heavy atom. The van der Waals surface area contributed by atoms with Crippen molar-refractivity contribution in [3.63, 3.8) is 0 Å². The first-order valence-corrected chi connectivity index (χ1v) is 17.6. The summed E-state index contributed by atoms with van der Waals surface area (Å²) < 4.78 is 7.12. The lowest BCUT2D eigenvalue weighted by molar-refractivity contribution is 0.872. The molecule has 5 aromatic carbocycles. The number of hydrogen-bond donors (Lipinski definition) is 0. The van der Waals surface area contributed by atoms with Crippen LogP contribution in [0.15, 0.2) is 158 Å². The maximum absolute atomic E-state index is 5.41. The van der Waals surface area contributed by atoms with Gasteiger partial charge in [0.25, 0.3) is 0 Å². The van der Waals surface area contributed by atoms with Crippen molar-refractivity contribution < 1.29 is 0 Å². The molecule has 0 amide bonds. The monoisotopic (exact) mass is 653 g/mol. The van der Waals surface area contributed by atoms with Gasteiger partial charge in [-0.3, -0.25) is 9.13 Å². The quantitative estimate of drug-likeness (QED) is 0.190. The molecule has 240 valence electrons. The molecular weight excluding hydrogens is 623 g/mol. The Bertz CT molecular complexity index is 2980. The van der Waals surface area contributed by atoms with E-state index in [1.807, 2.05) is 0 Å². The molecule has 1 aliphatic rings. The maximum Gasteiger partial charge on any atom is 0.138 e. The average Bonchev–Trinajstić information content (AvgIpc) is 3.84. The fourth-order valence-corrected chi connectivity index (χ4v) is 8.40. The minimum absolute atomic E-state index is 0.838. The predicted octanol–water partition coefficient (Wildman–Crippen LogP) is 11.2. The molecule has 0 saturated carbocycles. The van der Waals surface area contributed by atoms with E-state index in [1.54, 1.807) is 0 Å². The molecule has 5 heterocycles. The lowest BCUT2D eigenvalue weighted by Crippen LogP contribution is -2.06. The third kappa shape index (κ3) is 4.09. The number of rotatable bonds is 4. The summed E-state index contributed by atoms with van der Waals surface area (Å²) in [5.41, 5.74) is 11.2. The standard InChI is InChI=1S/C46H31N5/c1-2-14-30(15-3-1)49-39-22-8-6-18-33(39)35-28-29-36-34-19-7-11-25-42(34)51(46(36)45(35)49)44-27-13-21-38(48-44)37-20-12-26-43(47-37)50-40-23-9-4-16-31(40)32-17-5-10-24-41(32)50/h1-10,12-24,26-29H,11,25H2. The van der Waals surface area contributed by atoms with Crippen molar-refractivity contribution in [1.82, 2.24) is 23.7 Å². The van der Waals surface area contributed by atoms with Gasteiger partial charge in [0.05, 0.1) is 39.0 Å². The molecule has 0 radical (unpaired) electrons. The van der Waals surface area contributed by atoms with Gasteiger partial charge in [-0.2, -0.15) is 0 Å². The van der Waals surface area contributed by atoms with Crippen LogP contribution in [-0.4, -0.2) is 23.7 Å². The second-order valence-corrected chi connectivity index (χ2v) is 13.3. The third-order valence-corrected chi connectivity index (χ3v) is 10.5. The lowest BCUT2D eigenvalue weighted by atomic mass is 10.0. The van der Waals surface area contributed by atoms with E-state index in [4.69, 9.17) is 9.97 Å². The van der Waals surface area contributed by atoms with Crippen molar-refractivity contribution in [1.29, 1.82) is 0 Å². The molecule has 0 spiro atoms. The number of pyridine rings is 2. The number of aromatic nitrogens is 5. The molecule has 0 bridgehead atoms. The number of benzene rings is 5. The molecule has 11 rings (SSSR count). The zero-order valence-electron chi connectivity index (χ0n) is 27.7. The molecule has 51 heavy (non-hydrogen) atoms. The van der Waals surface area contributed by atoms with Crippen molar-refractivity contribution in [3.05, 3.63) is 169 Å². The fraction of sp³-hybridized carbons (Fsp3) is 0.0435. The molecule has 0 saturated heterocycles.